The third kappa shape index (κ3) is 4.97. The van der Waals surface area contributed by atoms with Crippen molar-refractivity contribution in [1.29, 1.82) is 0 Å². The van der Waals surface area contributed by atoms with Gasteiger partial charge in [0.1, 0.15) is 17.5 Å². The Labute approximate surface area is 167 Å². The number of nitrogens with one attached hydrogen (secondary N) is 2. The molecule has 146 valence electrons. The number of hydrogen-bond acceptors (Lipinski definition) is 6. The molecule has 0 radical (unpaired) electrons. The highest BCUT2D eigenvalue weighted by Crippen LogP contribution is 2.25. The standard InChI is InChI=1S/C22H28N6/c1-5-28(6-2)19-9-10-20(16(3)12-19)27-22-13-21(25-17(4)26-22)24-15-18-8-7-11-23-14-18/h7-14H,5-6,15H2,1-4H3,(H2,24,25,26,27). The van der Waals surface area contributed by atoms with Gasteiger partial charge in [-0.25, -0.2) is 9.97 Å². The van der Waals surface area contributed by atoms with Gasteiger partial charge in [-0.15, -0.1) is 0 Å². The number of rotatable bonds is 8. The molecule has 2 aromatic heterocycles. The number of nitrogens with zero attached hydrogens (tertiary/aromatic N) is 4. The lowest BCUT2D eigenvalue weighted by Gasteiger charge is -2.22. The third-order valence-electron chi connectivity index (χ3n) is 4.64. The van der Waals surface area contributed by atoms with Crippen molar-refractivity contribution in [2.24, 2.45) is 0 Å². The van der Waals surface area contributed by atoms with Crippen molar-refractivity contribution in [3.63, 3.8) is 0 Å². The zero-order valence-electron chi connectivity index (χ0n) is 17.0. The molecule has 0 fully saturated rings. The lowest BCUT2D eigenvalue weighted by Crippen LogP contribution is -2.21. The Balaban J connectivity index is 1.74. The summed E-state index contributed by atoms with van der Waals surface area (Å²) in [6.45, 7) is 11.0. The summed E-state index contributed by atoms with van der Waals surface area (Å²) in [6, 6.07) is 12.4. The number of hydrogen-bond donors (Lipinski definition) is 2. The minimum Gasteiger partial charge on any atom is -0.372 e. The van der Waals surface area contributed by atoms with Crippen molar-refractivity contribution in [1.82, 2.24) is 15.0 Å². The van der Waals surface area contributed by atoms with E-state index < -0.39 is 0 Å². The van der Waals surface area contributed by atoms with Gasteiger partial charge in [0.15, 0.2) is 0 Å². The van der Waals surface area contributed by atoms with Crippen LogP contribution in [0.1, 0.15) is 30.8 Å². The van der Waals surface area contributed by atoms with Gasteiger partial charge >= 0.3 is 0 Å². The third-order valence-corrected chi connectivity index (χ3v) is 4.64. The second kappa shape index (κ2) is 9.17. The maximum absolute atomic E-state index is 4.53. The van der Waals surface area contributed by atoms with Crippen molar-refractivity contribution < 1.29 is 0 Å². The van der Waals surface area contributed by atoms with Crippen LogP contribution in [0.25, 0.3) is 0 Å². The second-order valence-corrected chi connectivity index (χ2v) is 6.70. The van der Waals surface area contributed by atoms with Crippen molar-refractivity contribution in [2.45, 2.75) is 34.2 Å². The molecular weight excluding hydrogens is 348 g/mol. The van der Waals surface area contributed by atoms with Crippen molar-refractivity contribution >= 4 is 23.0 Å². The van der Waals surface area contributed by atoms with Crippen LogP contribution in [0.3, 0.4) is 0 Å². The largest absolute Gasteiger partial charge is 0.372 e. The van der Waals surface area contributed by atoms with E-state index in [1.807, 2.05) is 31.3 Å². The molecular formula is C22H28N6. The summed E-state index contributed by atoms with van der Waals surface area (Å²) in [5, 5.41) is 6.78. The lowest BCUT2D eigenvalue weighted by atomic mass is 10.1. The Morgan fingerprint density at radius 1 is 0.964 bits per heavy atom. The molecule has 2 heterocycles. The van der Waals surface area contributed by atoms with Crippen LogP contribution >= 0.6 is 0 Å². The first-order chi connectivity index (χ1) is 13.6. The van der Waals surface area contributed by atoms with Crippen LogP contribution < -0.4 is 15.5 Å². The van der Waals surface area contributed by atoms with Gasteiger partial charge in [-0.05, 0) is 63.1 Å². The summed E-state index contributed by atoms with van der Waals surface area (Å²) < 4.78 is 0. The molecule has 0 bridgehead atoms. The molecule has 3 rings (SSSR count). The fraction of sp³-hybridized carbons (Fsp3) is 0.318. The maximum atomic E-state index is 4.53. The number of benzene rings is 1. The highest BCUT2D eigenvalue weighted by Gasteiger charge is 2.07. The molecule has 28 heavy (non-hydrogen) atoms. The summed E-state index contributed by atoms with van der Waals surface area (Å²) >= 11 is 0. The average Bonchev–Trinajstić information content (AvgIpc) is 2.70. The SMILES string of the molecule is CCN(CC)c1ccc(Nc2cc(NCc3cccnc3)nc(C)n2)c(C)c1. The smallest absolute Gasteiger partial charge is 0.136 e. The van der Waals surface area contributed by atoms with E-state index in [1.165, 1.54) is 11.3 Å². The second-order valence-electron chi connectivity index (χ2n) is 6.70. The van der Waals surface area contributed by atoms with Gasteiger partial charge < -0.3 is 15.5 Å². The van der Waals surface area contributed by atoms with Crippen molar-refractivity contribution in [2.75, 3.05) is 28.6 Å². The molecule has 1 aromatic carbocycles. The Kier molecular flexibility index (Phi) is 6.42. The normalized spacial score (nSPS) is 10.6. The van der Waals surface area contributed by atoms with E-state index in [2.05, 4.69) is 69.5 Å². The molecule has 0 aliphatic carbocycles. The van der Waals surface area contributed by atoms with Crippen LogP contribution in [0.2, 0.25) is 0 Å². The average molecular weight is 377 g/mol. The van der Waals surface area contributed by atoms with Gasteiger partial charge in [0.2, 0.25) is 0 Å². The van der Waals surface area contributed by atoms with Crippen LogP contribution in [0.5, 0.6) is 0 Å². The van der Waals surface area contributed by atoms with Gasteiger partial charge in [-0.1, -0.05) is 6.07 Å². The van der Waals surface area contributed by atoms with Crippen LogP contribution in [0.4, 0.5) is 23.0 Å². The molecule has 6 heteroatoms. The molecule has 0 aliphatic rings. The first-order valence-electron chi connectivity index (χ1n) is 9.70. The van der Waals surface area contributed by atoms with Gasteiger partial charge in [-0.3, -0.25) is 4.98 Å². The lowest BCUT2D eigenvalue weighted by molar-refractivity contribution is 0.866. The van der Waals surface area contributed by atoms with E-state index in [4.69, 9.17) is 0 Å². The molecule has 0 atom stereocenters. The fourth-order valence-corrected chi connectivity index (χ4v) is 3.13. The zero-order chi connectivity index (χ0) is 19.9. The van der Waals surface area contributed by atoms with E-state index in [1.54, 1.807) is 6.20 Å². The molecule has 0 aliphatic heterocycles. The Morgan fingerprint density at radius 3 is 2.43 bits per heavy atom. The summed E-state index contributed by atoms with van der Waals surface area (Å²) in [5.41, 5.74) is 4.58. The molecule has 3 aromatic rings. The zero-order valence-corrected chi connectivity index (χ0v) is 17.0. The quantitative estimate of drug-likeness (QED) is 0.594. The van der Waals surface area contributed by atoms with Crippen molar-refractivity contribution in [3.05, 3.63) is 65.7 Å². The highest BCUT2D eigenvalue weighted by atomic mass is 15.1. The van der Waals surface area contributed by atoms with E-state index in [0.29, 0.717) is 6.54 Å². The maximum Gasteiger partial charge on any atom is 0.136 e. The minimum atomic E-state index is 0.668. The number of aromatic nitrogens is 3. The molecule has 2 N–H and O–H groups in total. The predicted octanol–water partition coefficient (Wildman–Crippen LogP) is 4.69. The summed E-state index contributed by atoms with van der Waals surface area (Å²) in [4.78, 5) is 15.5. The van der Waals surface area contributed by atoms with Gasteiger partial charge in [0.25, 0.3) is 0 Å². The fourth-order valence-electron chi connectivity index (χ4n) is 3.13. The van der Waals surface area contributed by atoms with Gasteiger partial charge in [0, 0.05) is 49.5 Å². The first kappa shape index (κ1) is 19.6. The van der Waals surface area contributed by atoms with Gasteiger partial charge in [-0.2, -0.15) is 0 Å². The van der Waals surface area contributed by atoms with Crippen LogP contribution in [0.15, 0.2) is 48.8 Å². The van der Waals surface area contributed by atoms with Crippen LogP contribution in [-0.4, -0.2) is 28.0 Å². The number of pyridine rings is 1. The topological polar surface area (TPSA) is 66.0 Å². The van der Waals surface area contributed by atoms with E-state index in [0.717, 1.165) is 41.8 Å². The van der Waals surface area contributed by atoms with Crippen LogP contribution in [0, 0.1) is 13.8 Å². The minimum absolute atomic E-state index is 0.668. The molecule has 0 saturated carbocycles. The van der Waals surface area contributed by atoms with E-state index in [9.17, 15) is 0 Å². The van der Waals surface area contributed by atoms with Crippen molar-refractivity contribution in [3.8, 4) is 0 Å². The first-order valence-corrected chi connectivity index (χ1v) is 9.70. The highest BCUT2D eigenvalue weighted by molar-refractivity contribution is 5.66. The molecule has 0 saturated heterocycles. The number of aryl methyl sites for hydroxylation is 2. The van der Waals surface area contributed by atoms with Crippen LogP contribution in [-0.2, 0) is 6.54 Å². The molecule has 0 amide bonds. The summed E-state index contributed by atoms with van der Waals surface area (Å²) in [6.07, 6.45) is 3.62. The monoisotopic (exact) mass is 376 g/mol. The molecule has 0 spiro atoms. The summed E-state index contributed by atoms with van der Waals surface area (Å²) in [5.74, 6) is 2.28. The Hall–Kier alpha value is -3.15. The molecule has 6 nitrogen and oxygen atoms in total. The Bertz CT molecular complexity index is 906. The molecule has 0 unspecified atom stereocenters. The van der Waals surface area contributed by atoms with Gasteiger partial charge in [0.05, 0.1) is 0 Å². The number of anilines is 4. The Morgan fingerprint density at radius 2 is 1.75 bits per heavy atom. The van der Waals surface area contributed by atoms with E-state index >= 15 is 0 Å². The predicted molar refractivity (Wildman–Crippen MR) is 116 cm³/mol. The summed E-state index contributed by atoms with van der Waals surface area (Å²) in [7, 11) is 0. The van der Waals surface area contributed by atoms with E-state index in [-0.39, 0.29) is 0 Å².